The Bertz CT molecular complexity index is 222. The summed E-state index contributed by atoms with van der Waals surface area (Å²) in [6.45, 7) is 12.2. The van der Waals surface area contributed by atoms with E-state index in [-0.39, 0.29) is 0 Å². The van der Waals surface area contributed by atoms with Gasteiger partial charge in [-0.3, -0.25) is 9.80 Å². The first-order valence-electron chi connectivity index (χ1n) is 6.63. The molecule has 17 heavy (non-hydrogen) atoms. The molecule has 0 amide bonds. The lowest BCUT2D eigenvalue weighted by atomic mass is 10.2. The van der Waals surface area contributed by atoms with Crippen LogP contribution in [0.25, 0.3) is 0 Å². The van der Waals surface area contributed by atoms with Gasteiger partial charge in [-0.25, -0.2) is 0 Å². The van der Waals surface area contributed by atoms with Crippen LogP contribution in [0.1, 0.15) is 6.92 Å². The maximum Gasteiger partial charge on any atom is 0.0594 e. The van der Waals surface area contributed by atoms with Crippen LogP contribution in [-0.4, -0.2) is 75.5 Å². The SMILES string of the molecule is CC=C(CN1CCOCC1)CN1CCOCC1. The van der Waals surface area contributed by atoms with E-state index in [1.54, 1.807) is 0 Å². The Morgan fingerprint density at radius 3 is 1.65 bits per heavy atom. The summed E-state index contributed by atoms with van der Waals surface area (Å²) >= 11 is 0. The smallest absolute Gasteiger partial charge is 0.0594 e. The van der Waals surface area contributed by atoms with E-state index in [4.69, 9.17) is 9.47 Å². The molecule has 4 nitrogen and oxygen atoms in total. The Hall–Kier alpha value is -0.420. The summed E-state index contributed by atoms with van der Waals surface area (Å²) in [6.07, 6.45) is 2.27. The highest BCUT2D eigenvalue weighted by molar-refractivity contribution is 5.06. The van der Waals surface area contributed by atoms with Crippen molar-refractivity contribution in [2.75, 3.05) is 65.7 Å². The van der Waals surface area contributed by atoms with E-state index in [2.05, 4.69) is 22.8 Å². The molecule has 0 aromatic rings. The molecule has 0 aromatic heterocycles. The maximum atomic E-state index is 5.38. The van der Waals surface area contributed by atoms with Gasteiger partial charge in [0.05, 0.1) is 26.4 Å². The molecule has 0 atom stereocenters. The zero-order chi connectivity index (χ0) is 11.9. The third-order valence-electron chi connectivity index (χ3n) is 3.47. The highest BCUT2D eigenvalue weighted by Gasteiger charge is 2.15. The second kappa shape index (κ2) is 7.11. The topological polar surface area (TPSA) is 24.9 Å². The average molecular weight is 240 g/mol. The van der Waals surface area contributed by atoms with Gasteiger partial charge in [0, 0.05) is 39.3 Å². The molecule has 0 saturated carbocycles. The fraction of sp³-hybridized carbons (Fsp3) is 0.846. The lowest BCUT2D eigenvalue weighted by Gasteiger charge is -2.31. The van der Waals surface area contributed by atoms with Crippen LogP contribution in [0.5, 0.6) is 0 Å². The number of hydrogen-bond donors (Lipinski definition) is 0. The standard InChI is InChI=1S/C13H24N2O2/c1-2-13(11-14-3-7-16-8-4-14)12-15-5-9-17-10-6-15/h2H,3-12H2,1H3. The fourth-order valence-electron chi connectivity index (χ4n) is 2.33. The summed E-state index contributed by atoms with van der Waals surface area (Å²) in [6, 6.07) is 0. The Morgan fingerprint density at radius 1 is 0.882 bits per heavy atom. The highest BCUT2D eigenvalue weighted by atomic mass is 16.5. The third kappa shape index (κ3) is 4.39. The first kappa shape index (κ1) is 13.0. The Labute approximate surface area is 104 Å². The summed E-state index contributed by atoms with van der Waals surface area (Å²) in [5.74, 6) is 0. The van der Waals surface area contributed by atoms with Gasteiger partial charge < -0.3 is 9.47 Å². The Balaban J connectivity index is 1.75. The molecular weight excluding hydrogens is 216 g/mol. The molecule has 0 bridgehead atoms. The summed E-state index contributed by atoms with van der Waals surface area (Å²) in [5, 5.41) is 0. The van der Waals surface area contributed by atoms with Crippen molar-refractivity contribution in [3.8, 4) is 0 Å². The molecular formula is C13H24N2O2. The van der Waals surface area contributed by atoms with E-state index in [1.807, 2.05) is 0 Å². The normalized spacial score (nSPS) is 23.6. The maximum absolute atomic E-state index is 5.38. The Kier molecular flexibility index (Phi) is 5.45. The molecule has 2 aliphatic rings. The van der Waals surface area contributed by atoms with Crippen LogP contribution >= 0.6 is 0 Å². The summed E-state index contributed by atoms with van der Waals surface area (Å²) in [7, 11) is 0. The predicted octanol–water partition coefficient (Wildman–Crippen LogP) is 0.597. The zero-order valence-electron chi connectivity index (χ0n) is 10.9. The van der Waals surface area contributed by atoms with Gasteiger partial charge in [-0.15, -0.1) is 0 Å². The lowest BCUT2D eigenvalue weighted by Crippen LogP contribution is -2.41. The van der Waals surface area contributed by atoms with E-state index < -0.39 is 0 Å². The molecule has 0 aliphatic carbocycles. The van der Waals surface area contributed by atoms with Crippen LogP contribution in [0.2, 0.25) is 0 Å². The lowest BCUT2D eigenvalue weighted by molar-refractivity contribution is 0.0339. The molecule has 0 spiro atoms. The third-order valence-corrected chi connectivity index (χ3v) is 3.47. The molecule has 2 rings (SSSR count). The van der Waals surface area contributed by atoms with Crippen molar-refractivity contribution in [3.05, 3.63) is 11.6 Å². The van der Waals surface area contributed by atoms with Crippen LogP contribution < -0.4 is 0 Å². The van der Waals surface area contributed by atoms with Crippen LogP contribution in [0, 0.1) is 0 Å². The van der Waals surface area contributed by atoms with E-state index in [0.29, 0.717) is 0 Å². The van der Waals surface area contributed by atoms with Crippen LogP contribution in [-0.2, 0) is 9.47 Å². The van der Waals surface area contributed by atoms with Gasteiger partial charge >= 0.3 is 0 Å². The molecule has 0 unspecified atom stereocenters. The van der Waals surface area contributed by atoms with Gasteiger partial charge in [-0.2, -0.15) is 0 Å². The second-order valence-corrected chi connectivity index (χ2v) is 4.72. The molecule has 2 aliphatic heterocycles. The summed E-state index contributed by atoms with van der Waals surface area (Å²) in [4.78, 5) is 4.97. The molecule has 0 radical (unpaired) electrons. The van der Waals surface area contributed by atoms with E-state index in [0.717, 1.165) is 65.7 Å². The van der Waals surface area contributed by atoms with Gasteiger partial charge in [0.2, 0.25) is 0 Å². The number of morpholine rings is 2. The molecule has 2 fully saturated rings. The van der Waals surface area contributed by atoms with Crippen LogP contribution in [0.4, 0.5) is 0 Å². The molecule has 4 heteroatoms. The fourth-order valence-corrected chi connectivity index (χ4v) is 2.33. The minimum absolute atomic E-state index is 0.883. The van der Waals surface area contributed by atoms with Crippen LogP contribution in [0.15, 0.2) is 11.6 Å². The first-order chi connectivity index (χ1) is 8.38. The van der Waals surface area contributed by atoms with Crippen molar-refractivity contribution in [3.63, 3.8) is 0 Å². The first-order valence-corrected chi connectivity index (χ1v) is 6.63. The van der Waals surface area contributed by atoms with Crippen molar-refractivity contribution in [2.45, 2.75) is 6.92 Å². The van der Waals surface area contributed by atoms with Crippen LogP contribution in [0.3, 0.4) is 0 Å². The number of nitrogens with zero attached hydrogens (tertiary/aromatic N) is 2. The van der Waals surface area contributed by atoms with Crippen molar-refractivity contribution >= 4 is 0 Å². The van der Waals surface area contributed by atoms with E-state index in [1.165, 1.54) is 5.57 Å². The minimum Gasteiger partial charge on any atom is -0.379 e. The van der Waals surface area contributed by atoms with Gasteiger partial charge in [0.1, 0.15) is 0 Å². The minimum atomic E-state index is 0.883. The second-order valence-electron chi connectivity index (χ2n) is 4.72. The summed E-state index contributed by atoms with van der Waals surface area (Å²) in [5.41, 5.74) is 1.52. The number of ether oxygens (including phenoxy) is 2. The largest absolute Gasteiger partial charge is 0.379 e. The quantitative estimate of drug-likeness (QED) is 0.672. The van der Waals surface area contributed by atoms with E-state index >= 15 is 0 Å². The zero-order valence-corrected chi connectivity index (χ0v) is 10.9. The molecule has 0 N–H and O–H groups in total. The van der Waals surface area contributed by atoms with Gasteiger partial charge in [0.25, 0.3) is 0 Å². The average Bonchev–Trinajstić information content (AvgIpc) is 2.40. The number of hydrogen-bond acceptors (Lipinski definition) is 4. The van der Waals surface area contributed by atoms with Crippen molar-refractivity contribution in [1.29, 1.82) is 0 Å². The number of allylic oxidation sites excluding steroid dienone is 1. The molecule has 0 aromatic carbocycles. The predicted molar refractivity (Wildman–Crippen MR) is 68.3 cm³/mol. The van der Waals surface area contributed by atoms with E-state index in [9.17, 15) is 0 Å². The van der Waals surface area contributed by atoms with Crippen molar-refractivity contribution < 1.29 is 9.47 Å². The Morgan fingerprint density at radius 2 is 1.29 bits per heavy atom. The molecule has 98 valence electrons. The van der Waals surface area contributed by atoms with Crippen molar-refractivity contribution in [2.24, 2.45) is 0 Å². The number of rotatable bonds is 4. The summed E-state index contributed by atoms with van der Waals surface area (Å²) < 4.78 is 10.8. The molecule has 2 saturated heterocycles. The van der Waals surface area contributed by atoms with Gasteiger partial charge in [-0.1, -0.05) is 6.08 Å². The highest BCUT2D eigenvalue weighted by Crippen LogP contribution is 2.07. The monoisotopic (exact) mass is 240 g/mol. The van der Waals surface area contributed by atoms with Gasteiger partial charge in [0.15, 0.2) is 0 Å². The molecule has 2 heterocycles. The van der Waals surface area contributed by atoms with Gasteiger partial charge in [-0.05, 0) is 12.5 Å². The van der Waals surface area contributed by atoms with Crippen molar-refractivity contribution in [1.82, 2.24) is 9.80 Å².